The number of aromatic nitrogens is 4. The van der Waals surface area contributed by atoms with E-state index in [0.29, 0.717) is 17.3 Å². The fraction of sp³-hybridized carbons (Fsp3) is 0.200. The predicted molar refractivity (Wildman–Crippen MR) is 96.5 cm³/mol. The first-order valence-electron chi connectivity index (χ1n) is 7.25. The van der Waals surface area contributed by atoms with Gasteiger partial charge in [0, 0.05) is 18.3 Å². The number of rotatable bonds is 5. The summed E-state index contributed by atoms with van der Waals surface area (Å²) < 4.78 is 30.4. The van der Waals surface area contributed by atoms with Gasteiger partial charge in [0.05, 0.1) is 18.4 Å². The smallest absolute Gasteiger partial charge is 0.266 e. The summed E-state index contributed by atoms with van der Waals surface area (Å²) in [7, 11) is -2.17. The zero-order valence-electron chi connectivity index (χ0n) is 13.4. The molecule has 2 heterocycles. The average molecular weight is 400 g/mol. The standard InChI is InChI=1S/C15H15Cl2N5O2S/c1-10-14(7-18-21(10)2)25(23,24)20-15-13(17)9-22(19-15)8-11-5-3-4-6-12(11)16/h3-7,9H,8H2,1-2H3,(H,19,20). The van der Waals surface area contributed by atoms with Crippen LogP contribution in [0.1, 0.15) is 11.3 Å². The molecule has 25 heavy (non-hydrogen) atoms. The van der Waals surface area contributed by atoms with Crippen molar-refractivity contribution in [2.24, 2.45) is 7.05 Å². The first-order chi connectivity index (χ1) is 11.8. The molecule has 0 atom stereocenters. The van der Waals surface area contributed by atoms with Crippen LogP contribution in [-0.2, 0) is 23.6 Å². The van der Waals surface area contributed by atoms with E-state index in [2.05, 4.69) is 14.9 Å². The third kappa shape index (κ3) is 3.65. The summed E-state index contributed by atoms with van der Waals surface area (Å²) in [6.45, 7) is 2.03. The van der Waals surface area contributed by atoms with Crippen LogP contribution in [0, 0.1) is 6.92 Å². The van der Waals surface area contributed by atoms with Crippen LogP contribution < -0.4 is 4.72 Å². The van der Waals surface area contributed by atoms with E-state index in [1.165, 1.54) is 15.6 Å². The van der Waals surface area contributed by atoms with Gasteiger partial charge in [-0.25, -0.2) is 8.42 Å². The highest BCUT2D eigenvalue weighted by Crippen LogP contribution is 2.25. The molecular weight excluding hydrogens is 385 g/mol. The lowest BCUT2D eigenvalue weighted by molar-refractivity contribution is 0.599. The second kappa shape index (κ2) is 6.70. The van der Waals surface area contributed by atoms with Gasteiger partial charge in [-0.15, -0.1) is 0 Å². The second-order valence-electron chi connectivity index (χ2n) is 5.44. The summed E-state index contributed by atoms with van der Waals surface area (Å²) in [6, 6.07) is 7.33. The van der Waals surface area contributed by atoms with Crippen LogP contribution in [0.5, 0.6) is 0 Å². The van der Waals surface area contributed by atoms with Gasteiger partial charge in [0.1, 0.15) is 9.92 Å². The highest BCUT2D eigenvalue weighted by Gasteiger charge is 2.22. The SMILES string of the molecule is Cc1c(S(=O)(=O)Nc2nn(Cc3ccccc3Cl)cc2Cl)cnn1C. The Hall–Kier alpha value is -2.03. The molecule has 1 N–H and O–H groups in total. The molecule has 0 unspecified atom stereocenters. The molecular formula is C15H15Cl2N5O2S. The van der Waals surface area contributed by atoms with Crippen molar-refractivity contribution in [1.82, 2.24) is 19.6 Å². The number of nitrogens with zero attached hydrogens (tertiary/aromatic N) is 4. The predicted octanol–water partition coefficient (Wildman–Crippen LogP) is 3.08. The van der Waals surface area contributed by atoms with Crippen molar-refractivity contribution in [3.05, 3.63) is 58.0 Å². The molecule has 3 rings (SSSR count). The summed E-state index contributed by atoms with van der Waals surface area (Å²) >= 11 is 12.3. The van der Waals surface area contributed by atoms with Crippen molar-refractivity contribution in [3.63, 3.8) is 0 Å². The Labute approximate surface area is 155 Å². The van der Waals surface area contributed by atoms with E-state index in [-0.39, 0.29) is 15.7 Å². The lowest BCUT2D eigenvalue weighted by atomic mass is 10.2. The molecule has 0 radical (unpaired) electrons. The monoisotopic (exact) mass is 399 g/mol. The van der Waals surface area contributed by atoms with Gasteiger partial charge in [-0.3, -0.25) is 14.1 Å². The third-order valence-electron chi connectivity index (χ3n) is 3.72. The van der Waals surface area contributed by atoms with E-state index in [9.17, 15) is 8.42 Å². The van der Waals surface area contributed by atoms with Crippen molar-refractivity contribution in [3.8, 4) is 0 Å². The van der Waals surface area contributed by atoms with E-state index in [1.807, 2.05) is 18.2 Å². The van der Waals surface area contributed by atoms with Crippen LogP contribution in [-0.4, -0.2) is 28.0 Å². The topological polar surface area (TPSA) is 81.8 Å². The van der Waals surface area contributed by atoms with Crippen molar-refractivity contribution in [1.29, 1.82) is 0 Å². The highest BCUT2D eigenvalue weighted by molar-refractivity contribution is 7.92. The first kappa shape index (κ1) is 17.8. The molecule has 7 nitrogen and oxygen atoms in total. The summed E-state index contributed by atoms with van der Waals surface area (Å²) in [5, 5.41) is 8.93. The van der Waals surface area contributed by atoms with E-state index in [0.717, 1.165) is 5.56 Å². The number of hydrogen-bond donors (Lipinski definition) is 1. The number of anilines is 1. The Morgan fingerprint density at radius 2 is 1.92 bits per heavy atom. The zero-order chi connectivity index (χ0) is 18.2. The molecule has 0 aliphatic heterocycles. The van der Waals surface area contributed by atoms with Gasteiger partial charge in [-0.1, -0.05) is 41.4 Å². The van der Waals surface area contributed by atoms with Crippen molar-refractivity contribution in [2.75, 3.05) is 4.72 Å². The number of aryl methyl sites for hydroxylation is 1. The Kier molecular flexibility index (Phi) is 4.77. The normalized spacial score (nSPS) is 11.7. The molecule has 3 aromatic rings. The molecule has 0 fully saturated rings. The molecule has 0 amide bonds. The molecule has 0 saturated carbocycles. The zero-order valence-corrected chi connectivity index (χ0v) is 15.8. The Morgan fingerprint density at radius 3 is 2.56 bits per heavy atom. The lowest BCUT2D eigenvalue weighted by Gasteiger charge is -2.06. The van der Waals surface area contributed by atoms with E-state index >= 15 is 0 Å². The van der Waals surface area contributed by atoms with Gasteiger partial charge in [0.15, 0.2) is 5.82 Å². The Balaban J connectivity index is 1.86. The Bertz CT molecular complexity index is 1030. The van der Waals surface area contributed by atoms with Crippen molar-refractivity contribution < 1.29 is 8.42 Å². The van der Waals surface area contributed by atoms with Crippen LogP contribution in [0.15, 0.2) is 41.6 Å². The maximum atomic E-state index is 12.5. The summed E-state index contributed by atoms with van der Waals surface area (Å²) in [5.74, 6) is 0.0528. The molecule has 0 aliphatic rings. The molecule has 10 heteroatoms. The number of halogens is 2. The molecule has 0 spiro atoms. The van der Waals surface area contributed by atoms with Gasteiger partial charge >= 0.3 is 0 Å². The van der Waals surface area contributed by atoms with Gasteiger partial charge < -0.3 is 0 Å². The third-order valence-corrected chi connectivity index (χ3v) is 5.81. The number of nitrogens with one attached hydrogen (secondary N) is 1. The largest absolute Gasteiger partial charge is 0.272 e. The van der Waals surface area contributed by atoms with E-state index in [1.54, 1.807) is 26.2 Å². The molecule has 132 valence electrons. The number of hydrogen-bond acceptors (Lipinski definition) is 4. The lowest BCUT2D eigenvalue weighted by Crippen LogP contribution is -2.15. The minimum atomic E-state index is -3.83. The fourth-order valence-electron chi connectivity index (χ4n) is 2.27. The van der Waals surface area contributed by atoms with Crippen LogP contribution in [0.3, 0.4) is 0 Å². The number of benzene rings is 1. The van der Waals surface area contributed by atoms with Crippen LogP contribution >= 0.6 is 23.2 Å². The minimum Gasteiger partial charge on any atom is -0.272 e. The van der Waals surface area contributed by atoms with Gasteiger partial charge in [-0.2, -0.15) is 10.2 Å². The van der Waals surface area contributed by atoms with Gasteiger partial charge in [0.25, 0.3) is 10.0 Å². The molecule has 0 aliphatic carbocycles. The van der Waals surface area contributed by atoms with E-state index in [4.69, 9.17) is 23.2 Å². The van der Waals surface area contributed by atoms with Gasteiger partial charge in [-0.05, 0) is 18.6 Å². The fourth-order valence-corrected chi connectivity index (χ4v) is 3.94. The first-order valence-corrected chi connectivity index (χ1v) is 9.49. The average Bonchev–Trinajstić information content (AvgIpc) is 3.05. The Morgan fingerprint density at radius 1 is 1.20 bits per heavy atom. The summed E-state index contributed by atoms with van der Waals surface area (Å²) in [4.78, 5) is 0.0757. The van der Waals surface area contributed by atoms with Crippen LogP contribution in [0.4, 0.5) is 5.82 Å². The highest BCUT2D eigenvalue weighted by atomic mass is 35.5. The summed E-state index contributed by atoms with van der Waals surface area (Å²) in [5.41, 5.74) is 1.36. The van der Waals surface area contributed by atoms with Crippen LogP contribution in [0.2, 0.25) is 10.0 Å². The van der Waals surface area contributed by atoms with E-state index < -0.39 is 10.0 Å². The second-order valence-corrected chi connectivity index (χ2v) is 7.90. The number of sulfonamides is 1. The quantitative estimate of drug-likeness (QED) is 0.714. The molecule has 1 aromatic carbocycles. The van der Waals surface area contributed by atoms with Crippen molar-refractivity contribution >= 4 is 39.0 Å². The maximum absolute atomic E-state index is 12.5. The molecule has 0 saturated heterocycles. The summed E-state index contributed by atoms with van der Waals surface area (Å²) in [6.07, 6.45) is 2.82. The minimum absolute atomic E-state index is 0.0528. The van der Waals surface area contributed by atoms with Crippen molar-refractivity contribution in [2.45, 2.75) is 18.4 Å². The van der Waals surface area contributed by atoms with Gasteiger partial charge in [0.2, 0.25) is 0 Å². The van der Waals surface area contributed by atoms with Crippen LogP contribution in [0.25, 0.3) is 0 Å². The molecule has 2 aromatic heterocycles. The molecule has 0 bridgehead atoms. The maximum Gasteiger partial charge on any atom is 0.266 e.